The van der Waals surface area contributed by atoms with E-state index in [0.29, 0.717) is 17.0 Å². The van der Waals surface area contributed by atoms with Crippen molar-refractivity contribution in [3.8, 4) is 0 Å². The first-order valence-electron chi connectivity index (χ1n) is 2.92. The van der Waals surface area contributed by atoms with Crippen molar-refractivity contribution in [2.75, 3.05) is 0 Å². The Morgan fingerprint density at radius 3 is 2.10 bits per heavy atom. The van der Waals surface area contributed by atoms with Crippen LogP contribution in [0.5, 0.6) is 0 Å². The molecule has 0 saturated carbocycles. The molecule has 0 fully saturated rings. The van der Waals surface area contributed by atoms with Crippen molar-refractivity contribution < 1.29 is 4.79 Å². The van der Waals surface area contributed by atoms with Crippen LogP contribution in [0, 0.1) is 13.8 Å². The minimum absolute atomic E-state index is 0.475. The van der Waals surface area contributed by atoms with Crippen LogP contribution in [0.1, 0.15) is 17.0 Å². The molecule has 0 spiro atoms. The average Bonchev–Trinajstić information content (AvgIpc) is 1.88. The minimum atomic E-state index is 0.475. The molecule has 1 rings (SSSR count). The molecule has 3 heteroatoms. The third-order valence-corrected chi connectivity index (χ3v) is 1.33. The van der Waals surface area contributed by atoms with E-state index in [2.05, 4.69) is 9.97 Å². The van der Waals surface area contributed by atoms with Crippen LogP contribution >= 0.6 is 0 Å². The van der Waals surface area contributed by atoms with Crippen molar-refractivity contribution in [3.05, 3.63) is 23.3 Å². The Bertz CT molecular complexity index is 238. The largest absolute Gasteiger partial charge is 0.285 e. The number of nitrogens with zero attached hydrogens (tertiary/aromatic N) is 2. The van der Waals surface area contributed by atoms with Gasteiger partial charge in [0.1, 0.15) is 6.33 Å². The van der Waals surface area contributed by atoms with Crippen LogP contribution in [0.25, 0.3) is 0 Å². The predicted octanol–water partition coefficient (Wildman–Crippen LogP) is 0.551. The summed E-state index contributed by atoms with van der Waals surface area (Å²) in [6.07, 6.45) is 3.22. The van der Waals surface area contributed by atoms with Crippen molar-refractivity contribution in [1.82, 2.24) is 9.97 Å². The molecule has 51 valence electrons. The van der Waals surface area contributed by atoms with E-state index in [1.165, 1.54) is 6.33 Å². The van der Waals surface area contributed by atoms with Crippen LogP contribution in [0.15, 0.2) is 6.33 Å². The molecule has 1 aromatic rings. The zero-order valence-electron chi connectivity index (χ0n) is 5.88. The van der Waals surface area contributed by atoms with Crippen LogP contribution in [-0.2, 0) is 4.79 Å². The number of aryl methyl sites for hydroxylation is 2. The van der Waals surface area contributed by atoms with Gasteiger partial charge in [-0.1, -0.05) is 0 Å². The van der Waals surface area contributed by atoms with E-state index < -0.39 is 0 Å². The molecule has 0 N–H and O–H groups in total. The quantitative estimate of drug-likeness (QED) is 0.564. The van der Waals surface area contributed by atoms with Gasteiger partial charge >= 0.3 is 0 Å². The Hall–Kier alpha value is -1.25. The van der Waals surface area contributed by atoms with Crippen LogP contribution in [-0.4, -0.2) is 16.3 Å². The summed E-state index contributed by atoms with van der Waals surface area (Å²) >= 11 is 0. The van der Waals surface area contributed by atoms with Crippen LogP contribution in [0.3, 0.4) is 0 Å². The van der Waals surface area contributed by atoms with Crippen molar-refractivity contribution in [2.45, 2.75) is 13.8 Å². The fourth-order valence-electron chi connectivity index (χ4n) is 0.741. The lowest BCUT2D eigenvalue weighted by atomic mass is 10.2. The van der Waals surface area contributed by atoms with Gasteiger partial charge in [0.15, 0.2) is 0 Å². The van der Waals surface area contributed by atoms with Gasteiger partial charge in [0.25, 0.3) is 0 Å². The van der Waals surface area contributed by atoms with E-state index in [-0.39, 0.29) is 0 Å². The first-order chi connectivity index (χ1) is 4.75. The summed E-state index contributed by atoms with van der Waals surface area (Å²) in [5.74, 6) is 0. The SMILES string of the molecule is Cc1ncnc(C)c1[C]=O. The molecule has 10 heavy (non-hydrogen) atoms. The second-order valence-electron chi connectivity index (χ2n) is 2.02. The van der Waals surface area contributed by atoms with Gasteiger partial charge in [-0.25, -0.2) is 9.97 Å². The molecular weight excluding hydrogens is 128 g/mol. The number of aromatic nitrogens is 2. The van der Waals surface area contributed by atoms with Crippen LogP contribution < -0.4 is 0 Å². The molecule has 0 aliphatic carbocycles. The summed E-state index contributed by atoms with van der Waals surface area (Å²) in [6, 6.07) is 0. The fraction of sp³-hybridized carbons (Fsp3) is 0.286. The highest BCUT2D eigenvalue weighted by atomic mass is 16.1. The highest BCUT2D eigenvalue weighted by Crippen LogP contribution is 2.02. The second-order valence-corrected chi connectivity index (χ2v) is 2.02. The van der Waals surface area contributed by atoms with Gasteiger partial charge in [-0.2, -0.15) is 0 Å². The van der Waals surface area contributed by atoms with Gasteiger partial charge in [0.2, 0.25) is 6.29 Å². The van der Waals surface area contributed by atoms with Crippen molar-refractivity contribution in [1.29, 1.82) is 0 Å². The Morgan fingerprint density at radius 1 is 1.30 bits per heavy atom. The first-order valence-corrected chi connectivity index (χ1v) is 2.92. The van der Waals surface area contributed by atoms with Crippen molar-refractivity contribution in [2.24, 2.45) is 0 Å². The Morgan fingerprint density at radius 2 is 1.80 bits per heavy atom. The number of rotatable bonds is 1. The first kappa shape index (κ1) is 6.86. The molecule has 0 bridgehead atoms. The molecule has 3 nitrogen and oxygen atoms in total. The molecule has 0 amide bonds. The molecule has 0 aliphatic rings. The zero-order chi connectivity index (χ0) is 7.56. The smallest absolute Gasteiger partial charge is 0.237 e. The highest BCUT2D eigenvalue weighted by molar-refractivity contribution is 5.78. The Balaban J connectivity index is 3.30. The molecule has 0 unspecified atom stereocenters. The van der Waals surface area contributed by atoms with E-state index >= 15 is 0 Å². The molecule has 0 aromatic carbocycles. The van der Waals surface area contributed by atoms with E-state index in [0.717, 1.165) is 0 Å². The van der Waals surface area contributed by atoms with Gasteiger partial charge in [-0.05, 0) is 13.8 Å². The number of hydrogen-bond acceptors (Lipinski definition) is 3. The normalized spacial score (nSPS) is 9.40. The maximum Gasteiger partial charge on any atom is 0.237 e. The second kappa shape index (κ2) is 2.56. The monoisotopic (exact) mass is 135 g/mol. The summed E-state index contributed by atoms with van der Waals surface area (Å²) < 4.78 is 0. The third-order valence-electron chi connectivity index (χ3n) is 1.33. The standard InChI is InChI=1S/C7H7N2O/c1-5-7(3-10)6(2)9-4-8-5/h4H,1-2H3. The lowest BCUT2D eigenvalue weighted by molar-refractivity contribution is 0.562. The van der Waals surface area contributed by atoms with Gasteiger partial charge in [0, 0.05) is 0 Å². The van der Waals surface area contributed by atoms with Gasteiger partial charge in [-0.15, -0.1) is 0 Å². The number of hydrogen-bond donors (Lipinski definition) is 0. The summed E-state index contributed by atoms with van der Waals surface area (Å²) in [6.45, 7) is 3.52. The molecule has 1 aromatic heterocycles. The maximum atomic E-state index is 10.2. The average molecular weight is 135 g/mol. The summed E-state index contributed by atoms with van der Waals surface area (Å²) in [7, 11) is 0. The minimum Gasteiger partial charge on any atom is -0.285 e. The molecule has 1 heterocycles. The summed E-state index contributed by atoms with van der Waals surface area (Å²) in [5, 5.41) is 0. The Labute approximate surface area is 59.1 Å². The van der Waals surface area contributed by atoms with E-state index in [1.54, 1.807) is 20.1 Å². The van der Waals surface area contributed by atoms with Gasteiger partial charge < -0.3 is 0 Å². The van der Waals surface area contributed by atoms with Crippen molar-refractivity contribution >= 4 is 6.29 Å². The zero-order valence-corrected chi connectivity index (χ0v) is 5.88. The Kier molecular flexibility index (Phi) is 1.76. The molecule has 0 saturated heterocycles. The van der Waals surface area contributed by atoms with Crippen LogP contribution in [0.4, 0.5) is 0 Å². The number of carbonyl (C=O) groups excluding carboxylic acids is 1. The van der Waals surface area contributed by atoms with Gasteiger partial charge in [0.05, 0.1) is 17.0 Å². The lowest BCUT2D eigenvalue weighted by Crippen LogP contribution is -1.96. The predicted molar refractivity (Wildman–Crippen MR) is 36.3 cm³/mol. The molecule has 0 aliphatic heterocycles. The summed E-state index contributed by atoms with van der Waals surface area (Å²) in [4.78, 5) is 17.9. The van der Waals surface area contributed by atoms with Crippen LogP contribution in [0.2, 0.25) is 0 Å². The fourth-order valence-corrected chi connectivity index (χ4v) is 0.741. The third kappa shape index (κ3) is 1.03. The van der Waals surface area contributed by atoms with Gasteiger partial charge in [-0.3, -0.25) is 4.79 Å². The van der Waals surface area contributed by atoms with E-state index in [9.17, 15) is 4.79 Å². The lowest BCUT2D eigenvalue weighted by Gasteiger charge is -1.96. The topological polar surface area (TPSA) is 42.9 Å². The highest BCUT2D eigenvalue weighted by Gasteiger charge is 2.01. The molecule has 1 radical (unpaired) electrons. The maximum absolute atomic E-state index is 10.2. The molecule has 0 atom stereocenters. The van der Waals surface area contributed by atoms with E-state index in [4.69, 9.17) is 0 Å². The van der Waals surface area contributed by atoms with Crippen molar-refractivity contribution in [3.63, 3.8) is 0 Å². The summed E-state index contributed by atoms with van der Waals surface area (Å²) in [5.41, 5.74) is 1.84. The van der Waals surface area contributed by atoms with E-state index in [1.807, 2.05) is 0 Å². The molecular formula is C7H7N2O.